The summed E-state index contributed by atoms with van der Waals surface area (Å²) < 4.78 is 37.7. The Bertz CT molecular complexity index is 4640. The smallest absolute Gasteiger partial charge is 0.240 e. The molecule has 9 heteroatoms. The van der Waals surface area contributed by atoms with Crippen molar-refractivity contribution in [3.63, 3.8) is 0 Å². The summed E-state index contributed by atoms with van der Waals surface area (Å²) in [5.74, 6) is 0.824. The van der Waals surface area contributed by atoms with Gasteiger partial charge in [-0.25, -0.2) is 8.78 Å². The number of fused-ring (bicyclic) bond motifs is 13. The lowest BCUT2D eigenvalue weighted by Crippen LogP contribution is -2.10. The van der Waals surface area contributed by atoms with Gasteiger partial charge in [-0.15, -0.1) is 0 Å². The second-order valence-corrected chi connectivity index (χ2v) is 18.3. The van der Waals surface area contributed by atoms with Crippen LogP contribution in [0.15, 0.2) is 224 Å². The quantitative estimate of drug-likeness (QED) is 0.167. The molecule has 7 nitrogen and oxygen atoms in total. The van der Waals surface area contributed by atoms with E-state index < -0.39 is 0 Å². The van der Waals surface area contributed by atoms with E-state index >= 15 is 0 Å². The zero-order valence-electron chi connectivity index (χ0n) is 38.2. The van der Waals surface area contributed by atoms with Crippen LogP contribution in [-0.4, -0.2) is 33.2 Å². The van der Waals surface area contributed by atoms with E-state index in [1.165, 1.54) is 24.3 Å². The molecule has 72 heavy (non-hydrogen) atoms. The monoisotopic (exact) mass is 929 g/mol. The third-order valence-electron chi connectivity index (χ3n) is 14.4. The molecular formula is C63H37F2N7. The van der Waals surface area contributed by atoms with Crippen molar-refractivity contribution in [3.8, 4) is 45.8 Å². The Kier molecular flexibility index (Phi) is 8.59. The fourth-order valence-electron chi connectivity index (χ4n) is 11.2. The summed E-state index contributed by atoms with van der Waals surface area (Å²) in [6.07, 6.45) is 0. The van der Waals surface area contributed by atoms with E-state index in [0.717, 1.165) is 115 Å². The van der Waals surface area contributed by atoms with Gasteiger partial charge in [0.25, 0.3) is 0 Å². The van der Waals surface area contributed by atoms with Crippen LogP contribution in [0.1, 0.15) is 0 Å². The average molecular weight is 930 g/mol. The molecule has 10 aromatic carbocycles. The van der Waals surface area contributed by atoms with E-state index in [1.807, 2.05) is 60.7 Å². The Morgan fingerprint density at radius 1 is 0.278 bits per heavy atom. The van der Waals surface area contributed by atoms with E-state index in [-0.39, 0.29) is 11.6 Å². The zero-order valence-corrected chi connectivity index (χ0v) is 38.2. The molecular weight excluding hydrogens is 893 g/mol. The predicted octanol–water partition coefficient (Wildman–Crippen LogP) is 15.9. The predicted molar refractivity (Wildman–Crippen MR) is 288 cm³/mol. The number of halogens is 2. The Labute approximate surface area is 409 Å². The zero-order chi connectivity index (χ0) is 47.6. The fraction of sp³-hybridized carbons (Fsp3) is 0. The molecule has 0 spiro atoms. The minimum absolute atomic E-state index is 0.291. The number of aromatic nitrogens is 7. The van der Waals surface area contributed by atoms with Crippen molar-refractivity contribution >= 4 is 87.2 Å². The lowest BCUT2D eigenvalue weighted by atomic mass is 10.0. The number of hydrogen-bond donors (Lipinski definition) is 0. The van der Waals surface area contributed by atoms with Gasteiger partial charge in [0.1, 0.15) is 11.6 Å². The Hall–Kier alpha value is -9.73. The van der Waals surface area contributed by atoms with Crippen LogP contribution in [0.3, 0.4) is 0 Å². The van der Waals surface area contributed by atoms with Crippen molar-refractivity contribution in [2.45, 2.75) is 0 Å². The van der Waals surface area contributed by atoms with E-state index in [9.17, 15) is 8.78 Å². The maximum Gasteiger partial charge on any atom is 0.240 e. The van der Waals surface area contributed by atoms with Crippen LogP contribution in [0.5, 0.6) is 0 Å². The first kappa shape index (κ1) is 40.2. The third kappa shape index (κ3) is 5.91. The van der Waals surface area contributed by atoms with Crippen LogP contribution in [0, 0.1) is 11.6 Å². The number of rotatable bonds is 6. The largest absolute Gasteiger partial charge is 0.309 e. The first-order valence-electron chi connectivity index (χ1n) is 23.9. The SMILES string of the molecule is Fc1ccc(-n2c3ccccc3c3cc4c5ccccc5n(-c5nc(-c6ccc(-c7ccccc7)cc6)nc(-n6c7ccccc7c7c6ccc6c8ccccc8n(-c8ccc(F)cc8)c67)n5)c4cc32)cc1. The topological polar surface area (TPSA) is 58.4 Å². The van der Waals surface area contributed by atoms with Crippen LogP contribution in [0.4, 0.5) is 8.78 Å². The van der Waals surface area contributed by atoms with Crippen LogP contribution in [0.2, 0.25) is 0 Å². The molecule has 0 saturated heterocycles. The highest BCUT2D eigenvalue weighted by Crippen LogP contribution is 2.43. The van der Waals surface area contributed by atoms with Gasteiger partial charge >= 0.3 is 0 Å². The molecule has 15 aromatic rings. The normalized spacial score (nSPS) is 12.0. The highest BCUT2D eigenvalue weighted by molar-refractivity contribution is 6.26. The van der Waals surface area contributed by atoms with Crippen molar-refractivity contribution in [1.82, 2.24) is 33.2 Å². The molecule has 0 saturated carbocycles. The van der Waals surface area contributed by atoms with Gasteiger partial charge in [-0.05, 0) is 102 Å². The highest BCUT2D eigenvalue weighted by atomic mass is 19.1. The third-order valence-corrected chi connectivity index (χ3v) is 14.4. The summed E-state index contributed by atoms with van der Waals surface area (Å²) in [6.45, 7) is 0. The van der Waals surface area contributed by atoms with Gasteiger partial charge in [0.15, 0.2) is 5.82 Å². The summed E-state index contributed by atoms with van der Waals surface area (Å²) in [7, 11) is 0. The minimum Gasteiger partial charge on any atom is -0.309 e. The number of para-hydroxylation sites is 4. The molecule has 0 aliphatic carbocycles. The summed E-state index contributed by atoms with van der Waals surface area (Å²) in [5.41, 5.74) is 12.4. The van der Waals surface area contributed by atoms with Crippen LogP contribution in [-0.2, 0) is 0 Å². The average Bonchev–Trinajstić information content (AvgIpc) is 4.16. The van der Waals surface area contributed by atoms with Crippen molar-refractivity contribution in [2.75, 3.05) is 0 Å². The molecule has 0 fully saturated rings. The Morgan fingerprint density at radius 2 is 0.722 bits per heavy atom. The van der Waals surface area contributed by atoms with Gasteiger partial charge in [0.05, 0.1) is 44.1 Å². The molecule has 15 rings (SSSR count). The maximum absolute atomic E-state index is 14.5. The van der Waals surface area contributed by atoms with E-state index in [1.54, 1.807) is 0 Å². The number of hydrogen-bond acceptors (Lipinski definition) is 3. The standard InChI is InChI=1S/C63H37F2N7/c64-41-26-30-43(31-27-41)69-52-18-8-5-15-46(52)50-36-51-47-16-6-10-20-54(47)72(58(51)37-57(50)69)63-67-61(40-24-22-39(23-25-40)38-12-2-1-3-13-38)66-62(68-63)71-55-21-11-7-17-49(55)59-56(71)35-34-48-45-14-4-9-19-53(45)70(60(48)59)44-32-28-42(65)29-33-44/h1-37H. The van der Waals surface area contributed by atoms with Crippen molar-refractivity contribution < 1.29 is 8.78 Å². The summed E-state index contributed by atoms with van der Waals surface area (Å²) in [6, 6.07) is 74.5. The molecule has 5 aromatic heterocycles. The van der Waals surface area contributed by atoms with Gasteiger partial charge in [0.2, 0.25) is 11.9 Å². The molecule has 0 radical (unpaired) electrons. The summed E-state index contributed by atoms with van der Waals surface area (Å²) in [5, 5.41) is 8.49. The molecule has 0 aliphatic heterocycles. The molecule has 0 amide bonds. The van der Waals surface area contributed by atoms with Crippen molar-refractivity contribution in [2.24, 2.45) is 0 Å². The van der Waals surface area contributed by atoms with Gasteiger partial charge in [-0.3, -0.25) is 9.13 Å². The van der Waals surface area contributed by atoms with Gasteiger partial charge in [0, 0.05) is 60.0 Å². The van der Waals surface area contributed by atoms with Gasteiger partial charge in [-0.2, -0.15) is 15.0 Å². The maximum atomic E-state index is 14.5. The van der Waals surface area contributed by atoms with E-state index in [2.05, 4.69) is 158 Å². The van der Waals surface area contributed by atoms with E-state index in [4.69, 9.17) is 15.0 Å². The Balaban J connectivity index is 1.05. The molecule has 0 N–H and O–H groups in total. The number of nitrogens with zero attached hydrogens (tertiary/aromatic N) is 7. The summed E-state index contributed by atoms with van der Waals surface area (Å²) >= 11 is 0. The first-order chi connectivity index (χ1) is 35.5. The highest BCUT2D eigenvalue weighted by Gasteiger charge is 2.25. The second kappa shape index (κ2) is 15.4. The second-order valence-electron chi connectivity index (χ2n) is 18.3. The fourth-order valence-corrected chi connectivity index (χ4v) is 11.2. The molecule has 0 bridgehead atoms. The lowest BCUT2D eigenvalue weighted by molar-refractivity contribution is 0.627. The number of benzene rings is 10. The molecule has 0 atom stereocenters. The molecule has 5 heterocycles. The van der Waals surface area contributed by atoms with Crippen LogP contribution >= 0.6 is 0 Å². The van der Waals surface area contributed by atoms with E-state index in [0.29, 0.717) is 17.7 Å². The summed E-state index contributed by atoms with van der Waals surface area (Å²) in [4.78, 5) is 16.4. The lowest BCUT2D eigenvalue weighted by Gasteiger charge is -2.13. The first-order valence-corrected chi connectivity index (χ1v) is 23.9. The van der Waals surface area contributed by atoms with Crippen molar-refractivity contribution in [3.05, 3.63) is 236 Å². The Morgan fingerprint density at radius 3 is 1.33 bits per heavy atom. The van der Waals surface area contributed by atoms with Gasteiger partial charge in [-0.1, -0.05) is 133 Å². The van der Waals surface area contributed by atoms with Crippen LogP contribution in [0.25, 0.3) is 133 Å². The van der Waals surface area contributed by atoms with Gasteiger partial charge < -0.3 is 9.13 Å². The van der Waals surface area contributed by atoms with Crippen molar-refractivity contribution in [1.29, 1.82) is 0 Å². The minimum atomic E-state index is -0.291. The molecule has 0 aliphatic rings. The molecule has 338 valence electrons. The van der Waals surface area contributed by atoms with Crippen LogP contribution < -0.4 is 0 Å². The molecule has 0 unspecified atom stereocenters.